The molecule has 3 aromatic heterocycles. The van der Waals surface area contributed by atoms with E-state index in [4.69, 9.17) is 4.52 Å². The standard InChI is InChI=1S/C14H13N5O2S2/c1-8-6-10(19-21-8)7-22-13-11(4-3-5-15-13)12(20)16-14-18-17-9(2)23-14/h3-6H,7H2,1-2H3,(H,16,18,20). The van der Waals surface area contributed by atoms with Crippen molar-refractivity contribution in [1.29, 1.82) is 0 Å². The first-order chi connectivity index (χ1) is 11.1. The molecule has 0 aliphatic rings. The largest absolute Gasteiger partial charge is 0.361 e. The van der Waals surface area contributed by atoms with Crippen molar-refractivity contribution in [3.05, 3.63) is 46.4 Å². The zero-order valence-corrected chi connectivity index (χ0v) is 14.1. The summed E-state index contributed by atoms with van der Waals surface area (Å²) >= 11 is 2.76. The summed E-state index contributed by atoms with van der Waals surface area (Å²) in [4.78, 5) is 16.7. The zero-order chi connectivity index (χ0) is 16.2. The van der Waals surface area contributed by atoms with Gasteiger partial charge in [-0.25, -0.2) is 4.98 Å². The molecule has 118 valence electrons. The molecule has 0 fully saturated rings. The average Bonchev–Trinajstić information content (AvgIpc) is 3.14. The van der Waals surface area contributed by atoms with Gasteiger partial charge in [-0.05, 0) is 26.0 Å². The number of aromatic nitrogens is 4. The molecule has 0 spiro atoms. The van der Waals surface area contributed by atoms with Crippen LogP contribution in [0.3, 0.4) is 0 Å². The molecule has 0 unspecified atom stereocenters. The molecular formula is C14H13N5O2S2. The van der Waals surface area contributed by atoms with E-state index in [0.29, 0.717) is 21.5 Å². The van der Waals surface area contributed by atoms with Crippen molar-refractivity contribution in [1.82, 2.24) is 20.3 Å². The molecule has 3 heterocycles. The fraction of sp³-hybridized carbons (Fsp3) is 0.214. The Balaban J connectivity index is 1.73. The quantitative estimate of drug-likeness (QED) is 0.709. The zero-order valence-electron chi connectivity index (χ0n) is 12.4. The van der Waals surface area contributed by atoms with Gasteiger partial charge in [0.1, 0.15) is 15.8 Å². The molecule has 1 amide bonds. The number of carbonyl (C=O) groups is 1. The number of aryl methyl sites for hydroxylation is 2. The van der Waals surface area contributed by atoms with E-state index < -0.39 is 0 Å². The Hall–Kier alpha value is -2.26. The summed E-state index contributed by atoms with van der Waals surface area (Å²) < 4.78 is 5.04. The van der Waals surface area contributed by atoms with Crippen LogP contribution >= 0.6 is 23.1 Å². The van der Waals surface area contributed by atoms with Crippen LogP contribution in [0.15, 0.2) is 33.9 Å². The second-order valence-corrected chi connectivity index (χ2v) is 6.80. The van der Waals surface area contributed by atoms with Crippen molar-refractivity contribution in [3.63, 3.8) is 0 Å². The van der Waals surface area contributed by atoms with Crippen LogP contribution in [0.5, 0.6) is 0 Å². The third kappa shape index (κ3) is 3.93. The SMILES string of the molecule is Cc1cc(CSc2ncccc2C(=O)Nc2nnc(C)s2)no1. The van der Waals surface area contributed by atoms with E-state index >= 15 is 0 Å². The van der Waals surface area contributed by atoms with E-state index in [1.54, 1.807) is 18.3 Å². The molecule has 9 heteroatoms. The van der Waals surface area contributed by atoms with Gasteiger partial charge in [-0.1, -0.05) is 28.3 Å². The molecule has 3 rings (SSSR count). The van der Waals surface area contributed by atoms with Crippen LogP contribution in [-0.4, -0.2) is 26.2 Å². The maximum atomic E-state index is 12.4. The normalized spacial score (nSPS) is 10.7. The highest BCUT2D eigenvalue weighted by molar-refractivity contribution is 7.98. The highest BCUT2D eigenvalue weighted by Gasteiger charge is 2.15. The van der Waals surface area contributed by atoms with Gasteiger partial charge in [0.2, 0.25) is 5.13 Å². The molecule has 0 saturated heterocycles. The van der Waals surface area contributed by atoms with Crippen molar-refractivity contribution >= 4 is 34.1 Å². The molecule has 0 aliphatic carbocycles. The fourth-order valence-corrected chi connectivity index (χ4v) is 3.28. The van der Waals surface area contributed by atoms with Crippen LogP contribution in [-0.2, 0) is 5.75 Å². The van der Waals surface area contributed by atoms with E-state index in [9.17, 15) is 4.79 Å². The van der Waals surface area contributed by atoms with Crippen molar-refractivity contribution in [2.75, 3.05) is 5.32 Å². The highest BCUT2D eigenvalue weighted by atomic mass is 32.2. The predicted octanol–water partition coefficient (Wildman–Crippen LogP) is 3.08. The summed E-state index contributed by atoms with van der Waals surface area (Å²) in [6.45, 7) is 3.67. The molecule has 0 bridgehead atoms. The fourth-order valence-electron chi connectivity index (χ4n) is 1.82. The van der Waals surface area contributed by atoms with Crippen LogP contribution in [0, 0.1) is 13.8 Å². The molecule has 0 aromatic carbocycles. The Kier molecular flexibility index (Phi) is 4.68. The topological polar surface area (TPSA) is 93.8 Å². The van der Waals surface area contributed by atoms with Crippen molar-refractivity contribution < 1.29 is 9.32 Å². The number of anilines is 1. The third-order valence-electron chi connectivity index (χ3n) is 2.80. The molecule has 0 radical (unpaired) electrons. The second kappa shape index (κ2) is 6.88. The number of pyridine rings is 1. The molecule has 0 aliphatic heterocycles. The third-order valence-corrected chi connectivity index (χ3v) is 4.59. The lowest BCUT2D eigenvalue weighted by atomic mass is 10.3. The number of nitrogens with one attached hydrogen (secondary N) is 1. The van der Waals surface area contributed by atoms with Gasteiger partial charge in [-0.2, -0.15) is 0 Å². The first-order valence-electron chi connectivity index (χ1n) is 6.73. The van der Waals surface area contributed by atoms with Gasteiger partial charge in [0.25, 0.3) is 5.91 Å². The number of thioether (sulfide) groups is 1. The summed E-state index contributed by atoms with van der Waals surface area (Å²) in [6.07, 6.45) is 1.66. The number of rotatable bonds is 5. The minimum Gasteiger partial charge on any atom is -0.361 e. The van der Waals surface area contributed by atoms with Crippen LogP contribution < -0.4 is 5.32 Å². The monoisotopic (exact) mass is 347 g/mol. The Labute approximate surface area is 140 Å². The molecule has 1 N–H and O–H groups in total. The van der Waals surface area contributed by atoms with Gasteiger partial charge < -0.3 is 4.52 Å². The van der Waals surface area contributed by atoms with Crippen LogP contribution in [0.4, 0.5) is 5.13 Å². The lowest BCUT2D eigenvalue weighted by Crippen LogP contribution is -2.13. The van der Waals surface area contributed by atoms with Gasteiger partial charge in [-0.3, -0.25) is 10.1 Å². The summed E-state index contributed by atoms with van der Waals surface area (Å²) in [7, 11) is 0. The molecule has 3 aromatic rings. The van der Waals surface area contributed by atoms with E-state index in [1.807, 2.05) is 19.9 Å². The Bertz CT molecular complexity index is 830. The van der Waals surface area contributed by atoms with Gasteiger partial charge in [0, 0.05) is 18.0 Å². The number of carbonyl (C=O) groups excluding carboxylic acids is 1. The lowest BCUT2D eigenvalue weighted by Gasteiger charge is -2.06. The van der Waals surface area contributed by atoms with Crippen LogP contribution in [0.1, 0.15) is 26.8 Å². The van der Waals surface area contributed by atoms with E-state index in [1.165, 1.54) is 23.1 Å². The van der Waals surface area contributed by atoms with E-state index in [-0.39, 0.29) is 5.91 Å². The van der Waals surface area contributed by atoms with Crippen LogP contribution in [0.2, 0.25) is 0 Å². The number of hydrogen-bond donors (Lipinski definition) is 1. The molecular weight excluding hydrogens is 334 g/mol. The molecule has 0 atom stereocenters. The second-order valence-electron chi connectivity index (χ2n) is 4.65. The maximum absolute atomic E-state index is 12.4. The minimum atomic E-state index is -0.256. The number of nitrogens with zero attached hydrogens (tertiary/aromatic N) is 4. The van der Waals surface area contributed by atoms with Gasteiger partial charge in [-0.15, -0.1) is 10.2 Å². The minimum absolute atomic E-state index is 0.256. The maximum Gasteiger partial charge on any atom is 0.260 e. The van der Waals surface area contributed by atoms with Gasteiger partial charge in [0.15, 0.2) is 0 Å². The van der Waals surface area contributed by atoms with Gasteiger partial charge in [0.05, 0.1) is 11.3 Å². The molecule has 7 nitrogen and oxygen atoms in total. The summed E-state index contributed by atoms with van der Waals surface area (Å²) in [5.74, 6) is 1.08. The van der Waals surface area contributed by atoms with Crippen molar-refractivity contribution in [3.8, 4) is 0 Å². The van der Waals surface area contributed by atoms with E-state index in [0.717, 1.165) is 16.5 Å². The Morgan fingerprint density at radius 3 is 2.96 bits per heavy atom. The smallest absolute Gasteiger partial charge is 0.260 e. The first-order valence-corrected chi connectivity index (χ1v) is 8.53. The highest BCUT2D eigenvalue weighted by Crippen LogP contribution is 2.25. The Morgan fingerprint density at radius 1 is 1.39 bits per heavy atom. The van der Waals surface area contributed by atoms with Crippen molar-refractivity contribution in [2.45, 2.75) is 24.6 Å². The van der Waals surface area contributed by atoms with E-state index in [2.05, 4.69) is 25.7 Å². The number of hydrogen-bond acceptors (Lipinski definition) is 8. The molecule has 0 saturated carbocycles. The average molecular weight is 347 g/mol. The van der Waals surface area contributed by atoms with Gasteiger partial charge >= 0.3 is 0 Å². The van der Waals surface area contributed by atoms with Crippen LogP contribution in [0.25, 0.3) is 0 Å². The predicted molar refractivity (Wildman–Crippen MR) is 87.6 cm³/mol. The summed E-state index contributed by atoms with van der Waals surface area (Å²) in [5, 5.41) is 16.3. The Morgan fingerprint density at radius 2 is 2.26 bits per heavy atom. The number of amides is 1. The van der Waals surface area contributed by atoms with Crippen molar-refractivity contribution in [2.24, 2.45) is 0 Å². The first kappa shape index (κ1) is 15.6. The summed E-state index contributed by atoms with van der Waals surface area (Å²) in [5.41, 5.74) is 1.30. The molecule has 23 heavy (non-hydrogen) atoms. The summed E-state index contributed by atoms with van der Waals surface area (Å²) in [6, 6.07) is 5.32. The lowest BCUT2D eigenvalue weighted by molar-refractivity contribution is 0.102.